The molecule has 0 amide bonds. The van der Waals surface area contributed by atoms with Crippen molar-refractivity contribution in [3.05, 3.63) is 27.4 Å². The summed E-state index contributed by atoms with van der Waals surface area (Å²) in [6, 6.07) is 0. The molecule has 104 valence electrons. The Labute approximate surface area is 112 Å². The Morgan fingerprint density at radius 3 is 2.68 bits per heavy atom. The van der Waals surface area contributed by atoms with Gasteiger partial charge < -0.3 is 9.72 Å². The zero-order valence-corrected chi connectivity index (χ0v) is 11.5. The zero-order chi connectivity index (χ0) is 13.8. The van der Waals surface area contributed by atoms with E-state index in [-0.39, 0.29) is 23.8 Å². The van der Waals surface area contributed by atoms with Gasteiger partial charge in [-0.2, -0.15) is 0 Å². The number of H-pyrrole nitrogens is 1. The lowest BCUT2D eigenvalue weighted by molar-refractivity contribution is 0.0517. The van der Waals surface area contributed by atoms with E-state index in [0.717, 1.165) is 25.7 Å². The molecule has 19 heavy (non-hydrogen) atoms. The Balaban J connectivity index is 2.35. The van der Waals surface area contributed by atoms with Crippen molar-refractivity contribution in [2.45, 2.75) is 51.9 Å². The molecule has 1 aromatic rings. The van der Waals surface area contributed by atoms with E-state index in [1.807, 2.05) is 0 Å². The van der Waals surface area contributed by atoms with Gasteiger partial charge in [0.2, 0.25) is 0 Å². The highest BCUT2D eigenvalue weighted by molar-refractivity contribution is 5.88. The van der Waals surface area contributed by atoms with Crippen molar-refractivity contribution in [3.8, 4) is 0 Å². The predicted octanol–water partition coefficient (Wildman–Crippen LogP) is 2.30. The maximum absolute atomic E-state index is 11.9. The van der Waals surface area contributed by atoms with Gasteiger partial charge in [-0.15, -0.1) is 0 Å². The molecule has 1 saturated carbocycles. The summed E-state index contributed by atoms with van der Waals surface area (Å²) in [4.78, 5) is 30.9. The molecule has 0 saturated heterocycles. The maximum atomic E-state index is 11.9. The summed E-state index contributed by atoms with van der Waals surface area (Å²) in [5.41, 5.74) is 0.253. The van der Waals surface area contributed by atoms with Gasteiger partial charge >= 0.3 is 5.97 Å². The molecule has 0 spiro atoms. The fourth-order valence-corrected chi connectivity index (χ4v) is 2.52. The SMILES string of the molecule is CCOC(=O)c1nc(C2CCCCC2)[nH]c(=O)c1C. The molecule has 0 atom stereocenters. The van der Waals surface area contributed by atoms with Gasteiger partial charge in [-0.3, -0.25) is 4.79 Å². The first-order valence-corrected chi connectivity index (χ1v) is 6.91. The van der Waals surface area contributed by atoms with Crippen molar-refractivity contribution < 1.29 is 9.53 Å². The number of aromatic amines is 1. The number of esters is 1. The maximum Gasteiger partial charge on any atom is 0.357 e. The van der Waals surface area contributed by atoms with Gasteiger partial charge in [0, 0.05) is 11.5 Å². The largest absolute Gasteiger partial charge is 0.461 e. The molecule has 0 aliphatic heterocycles. The quantitative estimate of drug-likeness (QED) is 0.850. The number of hydrogen-bond donors (Lipinski definition) is 1. The summed E-state index contributed by atoms with van der Waals surface area (Å²) < 4.78 is 4.95. The van der Waals surface area contributed by atoms with Crippen molar-refractivity contribution >= 4 is 5.97 Å². The number of rotatable bonds is 3. The zero-order valence-electron chi connectivity index (χ0n) is 11.5. The number of aromatic nitrogens is 2. The highest BCUT2D eigenvalue weighted by atomic mass is 16.5. The minimum absolute atomic E-state index is 0.158. The summed E-state index contributed by atoms with van der Waals surface area (Å²) in [7, 11) is 0. The second-order valence-electron chi connectivity index (χ2n) is 4.98. The number of carbonyl (C=O) groups excluding carboxylic acids is 1. The summed E-state index contributed by atoms with van der Waals surface area (Å²) >= 11 is 0. The molecule has 1 aromatic heterocycles. The minimum Gasteiger partial charge on any atom is -0.461 e. The van der Waals surface area contributed by atoms with Crippen LogP contribution in [0.25, 0.3) is 0 Å². The van der Waals surface area contributed by atoms with Crippen molar-refractivity contribution in [1.82, 2.24) is 9.97 Å². The average molecular weight is 264 g/mol. The molecule has 5 heteroatoms. The molecule has 0 radical (unpaired) electrons. The molecule has 1 aliphatic carbocycles. The molecule has 0 unspecified atom stereocenters. The Morgan fingerprint density at radius 1 is 1.37 bits per heavy atom. The number of nitrogens with one attached hydrogen (secondary N) is 1. The Morgan fingerprint density at radius 2 is 2.05 bits per heavy atom. The van der Waals surface area contributed by atoms with Gasteiger partial charge in [-0.05, 0) is 26.7 Å². The van der Waals surface area contributed by atoms with E-state index in [9.17, 15) is 9.59 Å². The lowest BCUT2D eigenvalue weighted by Crippen LogP contribution is -2.24. The second-order valence-corrected chi connectivity index (χ2v) is 4.98. The van der Waals surface area contributed by atoms with Gasteiger partial charge in [0.05, 0.1) is 6.61 Å². The van der Waals surface area contributed by atoms with Gasteiger partial charge in [0.15, 0.2) is 5.69 Å². The minimum atomic E-state index is -0.511. The summed E-state index contributed by atoms with van der Waals surface area (Å²) in [6.07, 6.45) is 5.58. The van der Waals surface area contributed by atoms with E-state index in [0.29, 0.717) is 11.4 Å². The number of carbonyl (C=O) groups is 1. The van der Waals surface area contributed by atoms with Crippen molar-refractivity contribution in [1.29, 1.82) is 0 Å². The Bertz CT molecular complexity index is 516. The number of ether oxygens (including phenoxy) is 1. The number of hydrogen-bond acceptors (Lipinski definition) is 4. The molecule has 1 heterocycles. The van der Waals surface area contributed by atoms with Gasteiger partial charge in [0.1, 0.15) is 5.82 Å². The van der Waals surface area contributed by atoms with Crippen LogP contribution in [0.2, 0.25) is 0 Å². The van der Waals surface area contributed by atoms with Crippen LogP contribution in [-0.4, -0.2) is 22.5 Å². The summed E-state index contributed by atoms with van der Waals surface area (Å²) in [5.74, 6) is 0.386. The third-order valence-corrected chi connectivity index (χ3v) is 3.63. The van der Waals surface area contributed by atoms with Gasteiger partial charge in [-0.1, -0.05) is 19.3 Å². The van der Waals surface area contributed by atoms with E-state index in [4.69, 9.17) is 4.74 Å². The van der Waals surface area contributed by atoms with Gasteiger partial charge in [0.25, 0.3) is 5.56 Å². The van der Waals surface area contributed by atoms with Crippen molar-refractivity contribution in [2.75, 3.05) is 6.61 Å². The molecule has 0 bridgehead atoms. The van der Waals surface area contributed by atoms with Crippen LogP contribution in [0.4, 0.5) is 0 Å². The molecular weight excluding hydrogens is 244 g/mol. The van der Waals surface area contributed by atoms with Crippen molar-refractivity contribution in [3.63, 3.8) is 0 Å². The van der Waals surface area contributed by atoms with Gasteiger partial charge in [-0.25, -0.2) is 9.78 Å². The molecule has 1 aliphatic rings. The smallest absolute Gasteiger partial charge is 0.357 e. The van der Waals surface area contributed by atoms with E-state index in [1.54, 1.807) is 13.8 Å². The lowest BCUT2D eigenvalue weighted by Gasteiger charge is -2.21. The van der Waals surface area contributed by atoms with E-state index < -0.39 is 5.97 Å². The normalized spacial score (nSPS) is 16.3. The first kappa shape index (κ1) is 13.8. The molecule has 5 nitrogen and oxygen atoms in total. The predicted molar refractivity (Wildman–Crippen MR) is 71.4 cm³/mol. The topological polar surface area (TPSA) is 72.0 Å². The van der Waals surface area contributed by atoms with Crippen molar-refractivity contribution in [2.24, 2.45) is 0 Å². The van der Waals surface area contributed by atoms with Crippen LogP contribution >= 0.6 is 0 Å². The first-order valence-electron chi connectivity index (χ1n) is 6.91. The molecular formula is C14H20N2O3. The molecule has 2 rings (SSSR count). The highest BCUT2D eigenvalue weighted by Crippen LogP contribution is 2.30. The molecule has 0 aromatic carbocycles. The van der Waals surface area contributed by atoms with Crippen LogP contribution in [0, 0.1) is 6.92 Å². The first-order chi connectivity index (χ1) is 9.13. The second kappa shape index (κ2) is 5.99. The monoisotopic (exact) mass is 264 g/mol. The summed E-state index contributed by atoms with van der Waals surface area (Å²) in [5, 5.41) is 0. The lowest BCUT2D eigenvalue weighted by atomic mass is 9.88. The third kappa shape index (κ3) is 3.03. The third-order valence-electron chi connectivity index (χ3n) is 3.63. The van der Waals surface area contributed by atoms with E-state index in [2.05, 4.69) is 9.97 Å². The molecule has 1 fully saturated rings. The van der Waals surface area contributed by atoms with Crippen LogP contribution in [0.1, 0.15) is 66.8 Å². The van der Waals surface area contributed by atoms with Crippen LogP contribution in [-0.2, 0) is 4.74 Å². The molecule has 1 N–H and O–H groups in total. The van der Waals surface area contributed by atoms with E-state index in [1.165, 1.54) is 6.42 Å². The Kier molecular flexibility index (Phi) is 4.35. The highest BCUT2D eigenvalue weighted by Gasteiger charge is 2.22. The van der Waals surface area contributed by atoms with Crippen LogP contribution in [0.5, 0.6) is 0 Å². The fourth-order valence-electron chi connectivity index (χ4n) is 2.52. The van der Waals surface area contributed by atoms with E-state index >= 15 is 0 Å². The Hall–Kier alpha value is -1.65. The summed E-state index contributed by atoms with van der Waals surface area (Å²) in [6.45, 7) is 3.62. The van der Waals surface area contributed by atoms with Crippen LogP contribution in [0.3, 0.4) is 0 Å². The standard InChI is InChI=1S/C14H20N2O3/c1-3-19-14(18)11-9(2)13(17)16-12(15-11)10-7-5-4-6-8-10/h10H,3-8H2,1-2H3,(H,15,16,17). The number of nitrogens with zero attached hydrogens (tertiary/aromatic N) is 1. The van der Waals surface area contributed by atoms with Crippen LogP contribution < -0.4 is 5.56 Å². The van der Waals surface area contributed by atoms with Crippen LogP contribution in [0.15, 0.2) is 4.79 Å². The average Bonchev–Trinajstić information content (AvgIpc) is 2.43. The fraction of sp³-hybridized carbons (Fsp3) is 0.643.